The predicted molar refractivity (Wildman–Crippen MR) is 109 cm³/mol. The van der Waals surface area contributed by atoms with E-state index in [1.807, 2.05) is 53.1 Å². The Kier molecular flexibility index (Phi) is 5.07. The van der Waals surface area contributed by atoms with E-state index in [-0.39, 0.29) is 5.91 Å². The fourth-order valence-electron chi connectivity index (χ4n) is 3.40. The van der Waals surface area contributed by atoms with Gasteiger partial charge in [-0.1, -0.05) is 60.7 Å². The number of fused-ring (bicyclic) bond motifs is 1. The van der Waals surface area contributed by atoms with E-state index >= 15 is 0 Å². The van der Waals surface area contributed by atoms with E-state index in [1.54, 1.807) is 0 Å². The number of carbonyl (C=O) groups excluding carboxylic acids is 1. The Morgan fingerprint density at radius 1 is 0.846 bits per heavy atom. The zero-order valence-electron chi connectivity index (χ0n) is 14.5. The van der Waals surface area contributed by atoms with Crippen molar-refractivity contribution in [2.24, 2.45) is 0 Å². The number of rotatable bonds is 2. The Balaban J connectivity index is 1.68. The summed E-state index contributed by atoms with van der Waals surface area (Å²) in [5, 5.41) is 0.423. The van der Waals surface area contributed by atoms with Crippen LogP contribution in [0.1, 0.15) is 34.0 Å². The zero-order valence-corrected chi connectivity index (χ0v) is 15.4. The van der Waals surface area contributed by atoms with Crippen molar-refractivity contribution >= 4 is 23.4 Å². The Labute approximate surface area is 158 Å². The molecule has 3 heteroatoms. The number of amides is 1. The van der Waals surface area contributed by atoms with Crippen LogP contribution < -0.4 is 4.90 Å². The summed E-state index contributed by atoms with van der Waals surface area (Å²) in [5.74, 6) is 0.0804. The van der Waals surface area contributed by atoms with Crippen LogP contribution in [0, 0.1) is 0 Å². The van der Waals surface area contributed by atoms with Gasteiger partial charge in [-0.05, 0) is 42.7 Å². The summed E-state index contributed by atoms with van der Waals surface area (Å²) in [5.41, 5.74) is 3.12. The first-order valence-corrected chi connectivity index (χ1v) is 9.88. The van der Waals surface area contributed by atoms with E-state index in [0.29, 0.717) is 5.25 Å². The number of para-hydroxylation sites is 1. The molecule has 0 spiro atoms. The standard InChI is InChI=1S/C23H21NOS/c25-23(19-12-5-2-6-13-19)24-17-9-16-21(18-10-3-1-4-11-18)26-22-15-8-7-14-20(22)24/h1-8,10-15,21H,9,16-17H2. The summed E-state index contributed by atoms with van der Waals surface area (Å²) in [6, 6.07) is 28.5. The highest BCUT2D eigenvalue weighted by atomic mass is 32.2. The van der Waals surface area contributed by atoms with Crippen LogP contribution >= 0.6 is 11.8 Å². The summed E-state index contributed by atoms with van der Waals surface area (Å²) in [6.07, 6.45) is 2.04. The zero-order chi connectivity index (χ0) is 17.8. The maximum absolute atomic E-state index is 13.1. The molecule has 3 aromatic carbocycles. The lowest BCUT2D eigenvalue weighted by molar-refractivity contribution is 0.0986. The summed E-state index contributed by atoms with van der Waals surface area (Å²) < 4.78 is 0. The lowest BCUT2D eigenvalue weighted by Crippen LogP contribution is -2.33. The molecule has 0 radical (unpaired) electrons. The van der Waals surface area contributed by atoms with Crippen molar-refractivity contribution < 1.29 is 4.79 Å². The third-order valence-electron chi connectivity index (χ3n) is 4.71. The second-order valence-corrected chi connectivity index (χ2v) is 7.69. The van der Waals surface area contributed by atoms with Crippen LogP contribution in [0.5, 0.6) is 0 Å². The molecule has 1 amide bonds. The van der Waals surface area contributed by atoms with Gasteiger partial charge in [0, 0.05) is 22.3 Å². The molecule has 1 unspecified atom stereocenters. The molecule has 2 nitrogen and oxygen atoms in total. The molecule has 0 saturated heterocycles. The van der Waals surface area contributed by atoms with Gasteiger partial charge in [0.15, 0.2) is 0 Å². The lowest BCUT2D eigenvalue weighted by atomic mass is 10.1. The molecule has 1 aliphatic rings. The van der Waals surface area contributed by atoms with Crippen molar-refractivity contribution in [1.82, 2.24) is 0 Å². The van der Waals surface area contributed by atoms with E-state index in [1.165, 1.54) is 10.5 Å². The van der Waals surface area contributed by atoms with Crippen molar-refractivity contribution in [3.05, 3.63) is 96.1 Å². The van der Waals surface area contributed by atoms with Crippen LogP contribution in [0.3, 0.4) is 0 Å². The largest absolute Gasteiger partial charge is 0.307 e. The second-order valence-electron chi connectivity index (χ2n) is 6.45. The molecule has 0 fully saturated rings. The number of hydrogen-bond acceptors (Lipinski definition) is 2. The number of anilines is 1. The van der Waals surface area contributed by atoms with Crippen molar-refractivity contribution in [1.29, 1.82) is 0 Å². The van der Waals surface area contributed by atoms with E-state index in [4.69, 9.17) is 0 Å². The number of hydrogen-bond donors (Lipinski definition) is 0. The fraction of sp³-hybridized carbons (Fsp3) is 0.174. The summed E-state index contributed by atoms with van der Waals surface area (Å²) in [4.78, 5) is 16.2. The Morgan fingerprint density at radius 2 is 1.50 bits per heavy atom. The van der Waals surface area contributed by atoms with Gasteiger partial charge < -0.3 is 4.90 Å². The molecule has 0 N–H and O–H groups in total. The first kappa shape index (κ1) is 16.9. The Morgan fingerprint density at radius 3 is 2.27 bits per heavy atom. The first-order valence-electron chi connectivity index (χ1n) is 9.00. The minimum Gasteiger partial charge on any atom is -0.307 e. The highest BCUT2D eigenvalue weighted by Crippen LogP contribution is 2.44. The van der Waals surface area contributed by atoms with Crippen molar-refractivity contribution in [3.8, 4) is 0 Å². The van der Waals surface area contributed by atoms with Crippen LogP contribution in [-0.2, 0) is 0 Å². The van der Waals surface area contributed by atoms with E-state index in [9.17, 15) is 4.79 Å². The molecule has 0 bridgehead atoms. The van der Waals surface area contributed by atoms with Crippen LogP contribution in [0.4, 0.5) is 5.69 Å². The second kappa shape index (κ2) is 7.79. The summed E-state index contributed by atoms with van der Waals surface area (Å²) >= 11 is 1.87. The van der Waals surface area contributed by atoms with E-state index < -0.39 is 0 Å². The maximum atomic E-state index is 13.1. The molecule has 26 heavy (non-hydrogen) atoms. The predicted octanol–water partition coefficient (Wildman–Crippen LogP) is 5.96. The quantitative estimate of drug-likeness (QED) is 0.562. The number of nitrogens with zero attached hydrogens (tertiary/aromatic N) is 1. The molecular weight excluding hydrogens is 338 g/mol. The van der Waals surface area contributed by atoms with Gasteiger partial charge >= 0.3 is 0 Å². The topological polar surface area (TPSA) is 20.3 Å². The van der Waals surface area contributed by atoms with Gasteiger partial charge in [0.2, 0.25) is 0 Å². The Hall–Kier alpha value is -2.52. The SMILES string of the molecule is O=C(c1ccccc1)N1CCCC(c2ccccc2)Sc2ccccc21. The molecule has 1 aliphatic heterocycles. The van der Waals surface area contributed by atoms with Crippen LogP contribution in [0.15, 0.2) is 89.8 Å². The van der Waals surface area contributed by atoms with Gasteiger partial charge in [-0.25, -0.2) is 0 Å². The molecular formula is C23H21NOS. The van der Waals surface area contributed by atoms with Crippen LogP contribution in [-0.4, -0.2) is 12.5 Å². The minimum atomic E-state index is 0.0804. The maximum Gasteiger partial charge on any atom is 0.258 e. The number of carbonyl (C=O) groups is 1. The minimum absolute atomic E-state index is 0.0804. The summed E-state index contributed by atoms with van der Waals surface area (Å²) in [7, 11) is 0. The average Bonchev–Trinajstić information content (AvgIpc) is 2.70. The molecule has 4 rings (SSSR count). The third-order valence-corrected chi connectivity index (χ3v) is 6.10. The third kappa shape index (κ3) is 3.54. The molecule has 1 atom stereocenters. The number of thioether (sulfide) groups is 1. The molecule has 3 aromatic rings. The van der Waals surface area contributed by atoms with Crippen molar-refractivity contribution in [3.63, 3.8) is 0 Å². The normalized spacial score (nSPS) is 17.1. The molecule has 0 aliphatic carbocycles. The fourth-order valence-corrected chi connectivity index (χ4v) is 4.74. The van der Waals surface area contributed by atoms with E-state index in [0.717, 1.165) is 30.6 Å². The van der Waals surface area contributed by atoms with Gasteiger partial charge in [-0.3, -0.25) is 4.79 Å². The van der Waals surface area contributed by atoms with Gasteiger partial charge in [-0.15, -0.1) is 11.8 Å². The van der Waals surface area contributed by atoms with Crippen LogP contribution in [0.25, 0.3) is 0 Å². The highest BCUT2D eigenvalue weighted by molar-refractivity contribution is 7.99. The van der Waals surface area contributed by atoms with Crippen molar-refractivity contribution in [2.75, 3.05) is 11.4 Å². The lowest BCUT2D eigenvalue weighted by Gasteiger charge is -2.30. The number of benzene rings is 3. The van der Waals surface area contributed by atoms with Gasteiger partial charge in [0.05, 0.1) is 5.69 Å². The first-order chi connectivity index (χ1) is 12.8. The van der Waals surface area contributed by atoms with Crippen molar-refractivity contribution in [2.45, 2.75) is 23.0 Å². The van der Waals surface area contributed by atoms with Gasteiger partial charge in [0.1, 0.15) is 0 Å². The Bertz CT molecular complexity index is 879. The monoisotopic (exact) mass is 359 g/mol. The summed E-state index contributed by atoms with van der Waals surface area (Å²) in [6.45, 7) is 0.745. The van der Waals surface area contributed by atoms with Crippen LogP contribution in [0.2, 0.25) is 0 Å². The smallest absolute Gasteiger partial charge is 0.258 e. The molecule has 0 aromatic heterocycles. The average molecular weight is 359 g/mol. The van der Waals surface area contributed by atoms with Gasteiger partial charge in [0.25, 0.3) is 5.91 Å². The molecule has 130 valence electrons. The van der Waals surface area contributed by atoms with E-state index in [2.05, 4.69) is 48.5 Å². The molecule has 0 saturated carbocycles. The highest BCUT2D eigenvalue weighted by Gasteiger charge is 2.25. The molecule has 1 heterocycles. The van der Waals surface area contributed by atoms with Gasteiger partial charge in [-0.2, -0.15) is 0 Å².